The first kappa shape index (κ1) is 36.0. The summed E-state index contributed by atoms with van der Waals surface area (Å²) in [6, 6.07) is 19.2. The van der Waals surface area contributed by atoms with Gasteiger partial charge in [0.2, 0.25) is 0 Å². The number of carbonyl (C=O) groups is 2. The molecule has 1 aromatic heterocycles. The number of anilines is 1. The first-order valence-corrected chi connectivity index (χ1v) is 17.4. The van der Waals surface area contributed by atoms with Crippen LogP contribution in [0.25, 0.3) is 0 Å². The number of halogens is 1. The quantitative estimate of drug-likeness (QED) is 0.124. The van der Waals surface area contributed by atoms with Crippen molar-refractivity contribution in [3.05, 3.63) is 94.5 Å². The topological polar surface area (TPSA) is 153 Å². The Morgan fingerprint density at radius 3 is 2.23 bits per heavy atom. The van der Waals surface area contributed by atoms with Gasteiger partial charge in [-0.15, -0.1) is 11.8 Å². The first-order chi connectivity index (χ1) is 22.4. The molecule has 0 aliphatic carbocycles. The van der Waals surface area contributed by atoms with E-state index in [1.165, 1.54) is 24.4 Å². The van der Waals surface area contributed by atoms with Gasteiger partial charge in [-0.25, -0.2) is 23.2 Å². The number of amides is 1. The minimum atomic E-state index is -4.02. The van der Waals surface area contributed by atoms with E-state index in [-0.39, 0.29) is 43.1 Å². The number of hydrogen-bond donors (Lipinski definition) is 1. The SMILES string of the molecule is CC(C)N(C(C)C)P(=O)(OCCC#N)OC[C@H]1S[C@@H](n2ccc(NC(=O)c3ccccc3)nc2=O)[C@@H](F)[C@@H]1OC(=O)c1ccccc1. The third-order valence-electron chi connectivity index (χ3n) is 7.11. The van der Waals surface area contributed by atoms with E-state index in [4.69, 9.17) is 19.0 Å². The highest BCUT2D eigenvalue weighted by Crippen LogP contribution is 2.56. The van der Waals surface area contributed by atoms with Crippen LogP contribution >= 0.6 is 19.5 Å². The monoisotopic (exact) mass is 685 g/mol. The van der Waals surface area contributed by atoms with Crippen LogP contribution in [0.5, 0.6) is 0 Å². The Hall–Kier alpha value is -3.86. The standard InChI is InChI=1S/C32H37FN5O7PS/c1-21(2)38(22(3)4)46(42,43-19-11-17-34)44-20-25-28(45-31(40)24-14-9-6-10-15-24)27(33)30(47-25)37-18-16-26(36-32(37)41)35-29(39)23-12-7-5-8-13-23/h5-10,12-16,18,21-22,25,27-28,30H,11,19-20H2,1-4H3,(H,35,36,39,41)/t25-,27+,28-,30-,46?/m1/s1. The van der Waals surface area contributed by atoms with Crippen molar-refractivity contribution in [1.82, 2.24) is 14.2 Å². The van der Waals surface area contributed by atoms with Crippen LogP contribution < -0.4 is 11.0 Å². The van der Waals surface area contributed by atoms with Gasteiger partial charge in [0.1, 0.15) is 11.2 Å². The van der Waals surface area contributed by atoms with Crippen molar-refractivity contribution in [3.8, 4) is 6.07 Å². The smallest absolute Gasteiger partial charge is 0.408 e. The number of thioether (sulfide) groups is 1. The van der Waals surface area contributed by atoms with Gasteiger partial charge in [-0.1, -0.05) is 36.4 Å². The maximum absolute atomic E-state index is 16.3. The summed E-state index contributed by atoms with van der Waals surface area (Å²) in [4.78, 5) is 42.7. The minimum Gasteiger partial charge on any atom is -0.454 e. The Balaban J connectivity index is 1.60. The number of benzene rings is 2. The maximum atomic E-state index is 16.3. The molecule has 2 aromatic carbocycles. The van der Waals surface area contributed by atoms with Crippen molar-refractivity contribution in [1.29, 1.82) is 5.26 Å². The summed E-state index contributed by atoms with van der Waals surface area (Å²) in [5.74, 6) is -1.28. The number of hydrogen-bond acceptors (Lipinski definition) is 10. The van der Waals surface area contributed by atoms with E-state index in [9.17, 15) is 18.9 Å². The molecule has 1 saturated heterocycles. The summed E-state index contributed by atoms with van der Waals surface area (Å²) in [6.07, 6.45) is -2.05. The molecule has 3 aromatic rings. The molecule has 0 radical (unpaired) electrons. The lowest BCUT2D eigenvalue weighted by Gasteiger charge is -2.36. The molecule has 47 heavy (non-hydrogen) atoms. The number of carbonyl (C=O) groups excluding carboxylic acids is 2. The molecule has 5 atom stereocenters. The highest BCUT2D eigenvalue weighted by Gasteiger charge is 2.50. The predicted octanol–water partition coefficient (Wildman–Crippen LogP) is 5.85. The van der Waals surface area contributed by atoms with E-state index < -0.39 is 48.2 Å². The highest BCUT2D eigenvalue weighted by molar-refractivity contribution is 8.00. The van der Waals surface area contributed by atoms with Crippen LogP contribution in [0.15, 0.2) is 77.7 Å². The fraction of sp³-hybridized carbons (Fsp3) is 0.406. The lowest BCUT2D eigenvalue weighted by Crippen LogP contribution is -2.39. The Morgan fingerprint density at radius 1 is 1.04 bits per heavy atom. The Kier molecular flexibility index (Phi) is 12.5. The molecule has 0 saturated carbocycles. The third-order valence-corrected chi connectivity index (χ3v) is 11.1. The van der Waals surface area contributed by atoms with E-state index in [2.05, 4.69) is 10.3 Å². The number of esters is 1. The van der Waals surface area contributed by atoms with Crippen molar-refractivity contribution >= 4 is 37.2 Å². The third kappa shape index (κ3) is 8.94. The average Bonchev–Trinajstić information content (AvgIpc) is 3.34. The lowest BCUT2D eigenvalue weighted by molar-refractivity contribution is 0.00162. The van der Waals surface area contributed by atoms with E-state index in [0.717, 1.165) is 16.3 Å². The summed E-state index contributed by atoms with van der Waals surface area (Å²) < 4.78 is 50.3. The molecule has 1 aliphatic rings. The lowest BCUT2D eigenvalue weighted by atomic mass is 10.1. The zero-order valence-electron chi connectivity index (χ0n) is 26.4. The van der Waals surface area contributed by atoms with E-state index in [0.29, 0.717) is 5.56 Å². The van der Waals surface area contributed by atoms with Crippen LogP contribution in [0.2, 0.25) is 0 Å². The molecule has 0 spiro atoms. The molecule has 12 nitrogen and oxygen atoms in total. The predicted molar refractivity (Wildman–Crippen MR) is 176 cm³/mol. The number of nitrogens with one attached hydrogen (secondary N) is 1. The van der Waals surface area contributed by atoms with Gasteiger partial charge in [0.25, 0.3) is 5.91 Å². The van der Waals surface area contributed by atoms with Crippen LogP contribution in [-0.4, -0.2) is 68.9 Å². The van der Waals surface area contributed by atoms with Crippen molar-refractivity contribution in [2.45, 2.75) is 69.1 Å². The van der Waals surface area contributed by atoms with Crippen LogP contribution in [-0.2, 0) is 18.3 Å². The molecule has 1 amide bonds. The molecule has 250 valence electrons. The van der Waals surface area contributed by atoms with Gasteiger partial charge < -0.3 is 10.1 Å². The summed E-state index contributed by atoms with van der Waals surface area (Å²) in [6.45, 7) is 6.74. The molecule has 1 fully saturated rings. The molecule has 0 bridgehead atoms. The van der Waals surface area contributed by atoms with Gasteiger partial charge in [-0.2, -0.15) is 10.2 Å². The van der Waals surface area contributed by atoms with Gasteiger partial charge in [-0.3, -0.25) is 18.4 Å². The van der Waals surface area contributed by atoms with E-state index in [1.54, 1.807) is 53.2 Å². The Morgan fingerprint density at radius 2 is 1.66 bits per heavy atom. The maximum Gasteiger partial charge on any atom is 0.408 e. The molecular formula is C32H37FN5O7PS. The van der Waals surface area contributed by atoms with Gasteiger partial charge >= 0.3 is 19.4 Å². The molecule has 15 heteroatoms. The fourth-order valence-electron chi connectivity index (χ4n) is 5.12. The average molecular weight is 686 g/mol. The Labute approximate surface area is 276 Å². The van der Waals surface area contributed by atoms with Crippen LogP contribution in [0, 0.1) is 11.3 Å². The van der Waals surface area contributed by atoms with Gasteiger partial charge in [0.05, 0.1) is 36.5 Å². The van der Waals surface area contributed by atoms with Crippen LogP contribution in [0.3, 0.4) is 0 Å². The number of alkyl halides is 1. The highest BCUT2D eigenvalue weighted by atomic mass is 32.2. The summed E-state index contributed by atoms with van der Waals surface area (Å²) in [7, 11) is -4.02. The number of nitriles is 1. The Bertz CT molecular complexity index is 1660. The molecule has 1 unspecified atom stereocenters. The largest absolute Gasteiger partial charge is 0.454 e. The van der Waals surface area contributed by atoms with Crippen LogP contribution in [0.4, 0.5) is 10.2 Å². The summed E-state index contributed by atoms with van der Waals surface area (Å²) in [5.41, 5.74) is -0.287. The van der Waals surface area contributed by atoms with Crippen LogP contribution in [0.1, 0.15) is 60.2 Å². The summed E-state index contributed by atoms with van der Waals surface area (Å²) in [5, 5.41) is 9.43. The number of nitrogens with zero attached hydrogens (tertiary/aromatic N) is 4. The fourth-order valence-corrected chi connectivity index (χ4v) is 8.83. The van der Waals surface area contributed by atoms with Crippen molar-refractivity contribution in [2.24, 2.45) is 0 Å². The normalized spacial score (nSPS) is 20.6. The number of rotatable bonds is 14. The summed E-state index contributed by atoms with van der Waals surface area (Å²) >= 11 is 0.956. The molecule has 2 heterocycles. The van der Waals surface area contributed by atoms with Crippen molar-refractivity contribution in [2.75, 3.05) is 18.5 Å². The molecule has 1 aliphatic heterocycles. The molecule has 4 rings (SSSR count). The number of aromatic nitrogens is 2. The van der Waals surface area contributed by atoms with Crippen molar-refractivity contribution < 1.29 is 32.3 Å². The first-order valence-electron chi connectivity index (χ1n) is 15.0. The molecule has 1 N–H and O–H groups in total. The zero-order valence-corrected chi connectivity index (χ0v) is 28.1. The second-order valence-electron chi connectivity index (χ2n) is 11.1. The van der Waals surface area contributed by atoms with Crippen molar-refractivity contribution in [3.63, 3.8) is 0 Å². The second-order valence-corrected chi connectivity index (χ2v) is 14.4. The van der Waals surface area contributed by atoms with E-state index in [1.807, 2.05) is 33.8 Å². The minimum absolute atomic E-state index is 0.0247. The number of ether oxygens (including phenoxy) is 1. The van der Waals surface area contributed by atoms with Gasteiger partial charge in [0.15, 0.2) is 12.3 Å². The second kappa shape index (κ2) is 16.3. The van der Waals surface area contributed by atoms with E-state index >= 15 is 4.39 Å². The molecular weight excluding hydrogens is 648 g/mol. The van der Waals surface area contributed by atoms with Gasteiger partial charge in [-0.05, 0) is 58.0 Å². The van der Waals surface area contributed by atoms with Gasteiger partial charge in [0, 0.05) is 23.8 Å². The zero-order chi connectivity index (χ0) is 34.1.